The minimum atomic E-state index is 0.238. The first kappa shape index (κ1) is 15.9. The Bertz CT molecular complexity index is 469. The van der Waals surface area contributed by atoms with E-state index < -0.39 is 0 Å². The van der Waals surface area contributed by atoms with Crippen LogP contribution in [0.2, 0.25) is 0 Å². The van der Waals surface area contributed by atoms with Crippen molar-refractivity contribution in [2.24, 2.45) is 5.92 Å². The summed E-state index contributed by atoms with van der Waals surface area (Å²) in [6.07, 6.45) is 5.43. The van der Waals surface area contributed by atoms with Crippen LogP contribution in [0.3, 0.4) is 0 Å². The molecular formula is C18H28N2O. The number of nitrogens with two attached hydrogens (primary N) is 1. The standard InChI is InChI=1S/C18H28N2O/c1-13-5-4-6-17(11-13)20(3)18(21)12-14(2)15-7-9-16(19)10-8-15/h7-10,13-14,17H,4-6,11-12,19H2,1-3H3. The molecule has 0 spiro atoms. The Morgan fingerprint density at radius 3 is 2.62 bits per heavy atom. The van der Waals surface area contributed by atoms with Gasteiger partial charge >= 0.3 is 0 Å². The number of amides is 1. The average molecular weight is 288 g/mol. The van der Waals surface area contributed by atoms with Gasteiger partial charge in [0, 0.05) is 25.2 Å². The van der Waals surface area contributed by atoms with Crippen LogP contribution in [0.1, 0.15) is 57.4 Å². The second-order valence-corrected chi connectivity index (χ2v) is 6.70. The lowest BCUT2D eigenvalue weighted by Crippen LogP contribution is -2.40. The van der Waals surface area contributed by atoms with Gasteiger partial charge in [0.2, 0.25) is 5.91 Å². The van der Waals surface area contributed by atoms with Crippen molar-refractivity contribution >= 4 is 11.6 Å². The fourth-order valence-corrected chi connectivity index (χ4v) is 3.31. The summed E-state index contributed by atoms with van der Waals surface area (Å²) in [5, 5.41) is 0. The number of rotatable bonds is 4. The molecule has 3 heteroatoms. The van der Waals surface area contributed by atoms with Crippen LogP contribution in [0.4, 0.5) is 5.69 Å². The van der Waals surface area contributed by atoms with E-state index in [-0.39, 0.29) is 11.8 Å². The molecule has 1 fully saturated rings. The first-order valence-electron chi connectivity index (χ1n) is 8.08. The largest absolute Gasteiger partial charge is 0.399 e. The molecule has 1 aliphatic rings. The molecule has 0 heterocycles. The Kier molecular flexibility index (Phi) is 5.27. The highest BCUT2D eigenvalue weighted by molar-refractivity contribution is 5.77. The molecule has 2 N–H and O–H groups in total. The Labute approximate surface area is 128 Å². The van der Waals surface area contributed by atoms with E-state index in [1.165, 1.54) is 18.4 Å². The molecular weight excluding hydrogens is 260 g/mol. The molecule has 21 heavy (non-hydrogen) atoms. The molecule has 1 aromatic carbocycles. The van der Waals surface area contributed by atoms with E-state index in [2.05, 4.69) is 13.8 Å². The zero-order valence-electron chi connectivity index (χ0n) is 13.5. The Balaban J connectivity index is 1.92. The predicted octanol–water partition coefficient (Wildman–Crippen LogP) is 3.80. The highest BCUT2D eigenvalue weighted by Gasteiger charge is 2.26. The first-order chi connectivity index (χ1) is 9.97. The van der Waals surface area contributed by atoms with Crippen molar-refractivity contribution in [3.05, 3.63) is 29.8 Å². The molecule has 0 saturated heterocycles. The summed E-state index contributed by atoms with van der Waals surface area (Å²) in [4.78, 5) is 14.5. The third kappa shape index (κ3) is 4.23. The molecule has 1 amide bonds. The molecule has 1 saturated carbocycles. The van der Waals surface area contributed by atoms with Crippen LogP contribution in [0, 0.1) is 5.92 Å². The molecule has 0 aromatic heterocycles. The summed E-state index contributed by atoms with van der Waals surface area (Å²) in [7, 11) is 1.97. The summed E-state index contributed by atoms with van der Waals surface area (Å²) < 4.78 is 0. The maximum Gasteiger partial charge on any atom is 0.223 e. The number of nitrogens with zero attached hydrogens (tertiary/aromatic N) is 1. The Morgan fingerprint density at radius 2 is 2.00 bits per heavy atom. The number of carbonyl (C=O) groups excluding carboxylic acids is 1. The van der Waals surface area contributed by atoms with E-state index in [0.717, 1.165) is 24.4 Å². The highest BCUT2D eigenvalue weighted by atomic mass is 16.2. The lowest BCUT2D eigenvalue weighted by atomic mass is 9.86. The fraction of sp³-hybridized carbons (Fsp3) is 0.611. The van der Waals surface area contributed by atoms with Gasteiger partial charge in [0.25, 0.3) is 0 Å². The lowest BCUT2D eigenvalue weighted by Gasteiger charge is -2.34. The number of anilines is 1. The van der Waals surface area contributed by atoms with Crippen molar-refractivity contribution in [1.82, 2.24) is 4.90 Å². The second-order valence-electron chi connectivity index (χ2n) is 6.70. The molecule has 2 rings (SSSR count). The molecule has 0 aliphatic heterocycles. The minimum absolute atomic E-state index is 0.238. The van der Waals surface area contributed by atoms with E-state index in [0.29, 0.717) is 12.5 Å². The van der Waals surface area contributed by atoms with Crippen molar-refractivity contribution in [2.75, 3.05) is 12.8 Å². The van der Waals surface area contributed by atoms with Crippen LogP contribution in [0.25, 0.3) is 0 Å². The summed E-state index contributed by atoms with van der Waals surface area (Å²) in [5.74, 6) is 1.24. The normalized spacial score (nSPS) is 23.6. The molecule has 3 nitrogen and oxygen atoms in total. The zero-order chi connectivity index (χ0) is 15.4. The van der Waals surface area contributed by atoms with Gasteiger partial charge < -0.3 is 10.6 Å². The van der Waals surface area contributed by atoms with Crippen molar-refractivity contribution in [3.63, 3.8) is 0 Å². The zero-order valence-corrected chi connectivity index (χ0v) is 13.5. The minimum Gasteiger partial charge on any atom is -0.399 e. The first-order valence-corrected chi connectivity index (χ1v) is 8.08. The number of hydrogen-bond acceptors (Lipinski definition) is 2. The molecule has 116 valence electrons. The van der Waals surface area contributed by atoms with Gasteiger partial charge in [-0.15, -0.1) is 0 Å². The van der Waals surface area contributed by atoms with Gasteiger partial charge in [-0.05, 0) is 42.4 Å². The van der Waals surface area contributed by atoms with Gasteiger partial charge in [-0.25, -0.2) is 0 Å². The number of carbonyl (C=O) groups is 1. The molecule has 1 aromatic rings. The van der Waals surface area contributed by atoms with Crippen molar-refractivity contribution < 1.29 is 4.79 Å². The van der Waals surface area contributed by atoms with Gasteiger partial charge in [-0.3, -0.25) is 4.79 Å². The van der Waals surface area contributed by atoms with Crippen LogP contribution in [-0.2, 0) is 4.79 Å². The van der Waals surface area contributed by atoms with Crippen LogP contribution < -0.4 is 5.73 Å². The van der Waals surface area contributed by atoms with E-state index in [1.807, 2.05) is 36.2 Å². The second kappa shape index (κ2) is 6.97. The lowest BCUT2D eigenvalue weighted by molar-refractivity contribution is -0.133. The van der Waals surface area contributed by atoms with Gasteiger partial charge in [-0.1, -0.05) is 38.8 Å². The molecule has 1 aliphatic carbocycles. The monoisotopic (exact) mass is 288 g/mol. The van der Waals surface area contributed by atoms with Crippen molar-refractivity contribution in [2.45, 2.75) is 57.9 Å². The van der Waals surface area contributed by atoms with Gasteiger partial charge in [-0.2, -0.15) is 0 Å². The van der Waals surface area contributed by atoms with Crippen LogP contribution >= 0.6 is 0 Å². The van der Waals surface area contributed by atoms with Crippen molar-refractivity contribution in [3.8, 4) is 0 Å². The van der Waals surface area contributed by atoms with E-state index in [4.69, 9.17) is 5.73 Å². The maximum atomic E-state index is 12.5. The van der Waals surface area contributed by atoms with Gasteiger partial charge in [0.1, 0.15) is 0 Å². The predicted molar refractivity (Wildman–Crippen MR) is 88.1 cm³/mol. The summed E-state index contributed by atoms with van der Waals surface area (Å²) >= 11 is 0. The Hall–Kier alpha value is -1.51. The number of benzene rings is 1. The maximum absolute atomic E-state index is 12.5. The van der Waals surface area contributed by atoms with Crippen LogP contribution in [-0.4, -0.2) is 23.9 Å². The smallest absolute Gasteiger partial charge is 0.223 e. The highest BCUT2D eigenvalue weighted by Crippen LogP contribution is 2.28. The summed E-state index contributed by atoms with van der Waals surface area (Å²) in [5.41, 5.74) is 7.66. The van der Waals surface area contributed by atoms with E-state index in [1.54, 1.807) is 0 Å². The topological polar surface area (TPSA) is 46.3 Å². The molecule has 0 bridgehead atoms. The summed E-state index contributed by atoms with van der Waals surface area (Å²) in [6, 6.07) is 8.29. The fourth-order valence-electron chi connectivity index (χ4n) is 3.31. The van der Waals surface area contributed by atoms with Crippen LogP contribution in [0.15, 0.2) is 24.3 Å². The SMILES string of the molecule is CC1CCCC(N(C)C(=O)CC(C)c2ccc(N)cc2)C1. The number of hydrogen-bond donors (Lipinski definition) is 1. The van der Waals surface area contributed by atoms with Crippen molar-refractivity contribution in [1.29, 1.82) is 0 Å². The summed E-state index contributed by atoms with van der Waals surface area (Å²) in [6.45, 7) is 4.40. The molecule has 3 atom stereocenters. The van der Waals surface area contributed by atoms with Crippen LogP contribution in [0.5, 0.6) is 0 Å². The van der Waals surface area contributed by atoms with E-state index >= 15 is 0 Å². The third-order valence-corrected chi connectivity index (χ3v) is 4.84. The Morgan fingerprint density at radius 1 is 1.33 bits per heavy atom. The average Bonchev–Trinajstić information content (AvgIpc) is 2.47. The van der Waals surface area contributed by atoms with Gasteiger partial charge in [0.05, 0.1) is 0 Å². The van der Waals surface area contributed by atoms with E-state index in [9.17, 15) is 4.79 Å². The molecule has 3 unspecified atom stereocenters. The van der Waals surface area contributed by atoms with Gasteiger partial charge in [0.15, 0.2) is 0 Å². The molecule has 0 radical (unpaired) electrons. The quantitative estimate of drug-likeness (QED) is 0.857. The number of nitrogen functional groups attached to an aromatic ring is 1. The third-order valence-electron chi connectivity index (χ3n) is 4.84.